The zero-order valence-corrected chi connectivity index (χ0v) is 46.3. The summed E-state index contributed by atoms with van der Waals surface area (Å²) in [6.07, 6.45) is -2.35. The number of aliphatic carboxylic acids is 3. The first kappa shape index (κ1) is 68.4. The minimum Gasteiger partial charge on any atom is -0.508 e. The number of aromatic amines is 1. The third-order valence-corrected chi connectivity index (χ3v) is 12.9. The number of nitrogens with two attached hydrogens (primary N) is 3. The maximum atomic E-state index is 14.6. The standard InChI is InChI=1S/C51H72N14O17S/c1-25(66)40(64-42(73)31(52)21-38(69)70)48(79)59-33(15-17-83-3)43(74)62-36(22-39(71)72)47(78)61-35(20-29-23-55-24-57-29)46(77)60-34(18-28-11-13-30(68)14-12-28)45(76)58-32(10-7-16-56-51(53)54)44(75)65-41(26(2)67)49(80)63-37(50(81)82)19-27-8-5-4-6-9-27/h4-6,8-9,11-14,23-26,31-37,40-41,66-68H,7,10,15-22,52H2,1-3H3,(H,55,57)(H,58,76)(H,59,79)(H,60,77)(H,61,78)(H,62,74)(H,63,80)(H,64,73)(H,65,75)(H,69,70)(H,71,72)(H,81,82)(H4,53,54,56)/t25-,26-,31+,32+,33+,34+,35+,36+,37+,40+,41+/m1/s1. The highest BCUT2D eigenvalue weighted by molar-refractivity contribution is 7.98. The van der Waals surface area contributed by atoms with Gasteiger partial charge >= 0.3 is 17.9 Å². The molecule has 0 spiro atoms. The third kappa shape index (κ3) is 24.4. The molecule has 1 aromatic heterocycles. The number of carbonyl (C=O) groups is 11. The first-order chi connectivity index (χ1) is 39.2. The van der Waals surface area contributed by atoms with Gasteiger partial charge in [-0.25, -0.2) is 9.78 Å². The second-order valence-electron chi connectivity index (χ2n) is 19.0. The molecule has 0 bridgehead atoms. The van der Waals surface area contributed by atoms with Crippen LogP contribution in [0.4, 0.5) is 0 Å². The molecule has 0 saturated heterocycles. The van der Waals surface area contributed by atoms with E-state index in [-0.39, 0.29) is 61.8 Å². The van der Waals surface area contributed by atoms with Crippen molar-refractivity contribution in [1.29, 1.82) is 0 Å². The van der Waals surface area contributed by atoms with Crippen LogP contribution in [0.15, 0.2) is 72.1 Å². The highest BCUT2D eigenvalue weighted by Gasteiger charge is 2.37. The number of thioether (sulfide) groups is 1. The van der Waals surface area contributed by atoms with Crippen LogP contribution in [-0.4, -0.2) is 197 Å². The molecule has 0 saturated carbocycles. The summed E-state index contributed by atoms with van der Waals surface area (Å²) in [6, 6.07) is -1.55. The van der Waals surface area contributed by atoms with Crippen molar-refractivity contribution in [2.75, 3.05) is 18.6 Å². The van der Waals surface area contributed by atoms with Crippen LogP contribution in [0.2, 0.25) is 0 Å². The molecule has 32 heteroatoms. The predicted molar refractivity (Wildman–Crippen MR) is 296 cm³/mol. The van der Waals surface area contributed by atoms with E-state index < -0.39 is 151 Å². The Kier molecular flexibility index (Phi) is 28.4. The maximum absolute atomic E-state index is 14.6. The van der Waals surface area contributed by atoms with Gasteiger partial charge < -0.3 is 95.4 Å². The van der Waals surface area contributed by atoms with Crippen LogP contribution in [0.25, 0.3) is 0 Å². The first-order valence-corrected chi connectivity index (χ1v) is 27.1. The number of aromatic nitrogens is 2. The number of hydrogen-bond acceptors (Lipinski definition) is 18. The Morgan fingerprint density at radius 2 is 1.04 bits per heavy atom. The van der Waals surface area contributed by atoms with Gasteiger partial charge in [0.05, 0.1) is 37.4 Å². The summed E-state index contributed by atoms with van der Waals surface area (Å²) in [4.78, 5) is 157. The lowest BCUT2D eigenvalue weighted by molar-refractivity contribution is -0.143. The number of aliphatic hydroxyl groups excluding tert-OH is 2. The maximum Gasteiger partial charge on any atom is 0.326 e. The average Bonchev–Trinajstić information content (AvgIpc) is 3.98. The molecule has 3 rings (SSSR count). The predicted octanol–water partition coefficient (Wildman–Crippen LogP) is -5.05. The normalized spacial score (nSPS) is 15.0. The van der Waals surface area contributed by atoms with Crippen molar-refractivity contribution in [2.24, 2.45) is 22.2 Å². The number of imidazole rings is 1. The summed E-state index contributed by atoms with van der Waals surface area (Å²) >= 11 is 1.22. The number of aliphatic imine (C=N–C) groups is 1. The van der Waals surface area contributed by atoms with Crippen molar-refractivity contribution in [2.45, 2.75) is 132 Å². The van der Waals surface area contributed by atoms with Crippen molar-refractivity contribution in [3.63, 3.8) is 0 Å². The molecule has 0 aliphatic rings. The minimum atomic E-state index is -1.98. The van der Waals surface area contributed by atoms with Crippen molar-refractivity contribution in [3.05, 3.63) is 83.9 Å². The van der Waals surface area contributed by atoms with Crippen LogP contribution in [0.3, 0.4) is 0 Å². The number of phenols is 1. The zero-order chi connectivity index (χ0) is 61.9. The molecule has 1 heterocycles. The fourth-order valence-electron chi connectivity index (χ4n) is 7.83. The molecule has 2 aromatic carbocycles. The van der Waals surface area contributed by atoms with E-state index in [2.05, 4.69) is 57.5 Å². The molecular formula is C51H72N14O17S. The van der Waals surface area contributed by atoms with Gasteiger partial charge in [0.2, 0.25) is 47.3 Å². The van der Waals surface area contributed by atoms with Crippen molar-refractivity contribution in [1.82, 2.24) is 52.5 Å². The number of H-pyrrole nitrogens is 1. The van der Waals surface area contributed by atoms with Crippen molar-refractivity contribution >= 4 is 82.9 Å². The number of aliphatic hydroxyl groups is 2. The van der Waals surface area contributed by atoms with Crippen molar-refractivity contribution in [3.8, 4) is 5.75 Å². The van der Waals surface area contributed by atoms with E-state index in [0.29, 0.717) is 11.1 Å². The summed E-state index contributed by atoms with van der Waals surface area (Å²) < 4.78 is 0. The fraction of sp³-hybridized carbons (Fsp3) is 0.471. The smallest absolute Gasteiger partial charge is 0.326 e. The Morgan fingerprint density at radius 1 is 0.578 bits per heavy atom. The Bertz CT molecular complexity index is 2720. The molecule has 3 aromatic rings. The lowest BCUT2D eigenvalue weighted by Crippen LogP contribution is -2.62. The molecule has 31 nitrogen and oxygen atoms in total. The number of carboxylic acids is 3. The number of carboxylic acid groups (broad SMARTS) is 3. The highest BCUT2D eigenvalue weighted by atomic mass is 32.2. The highest BCUT2D eigenvalue weighted by Crippen LogP contribution is 2.14. The Hall–Kier alpha value is -8.88. The fourth-order valence-corrected chi connectivity index (χ4v) is 8.30. The van der Waals surface area contributed by atoms with E-state index in [1.807, 2.05) is 0 Å². The summed E-state index contributed by atoms with van der Waals surface area (Å²) in [7, 11) is 0. The van der Waals surface area contributed by atoms with E-state index in [1.54, 1.807) is 36.6 Å². The van der Waals surface area contributed by atoms with E-state index >= 15 is 0 Å². The number of carbonyl (C=O) groups excluding carboxylic acids is 8. The molecule has 0 unspecified atom stereocenters. The summed E-state index contributed by atoms with van der Waals surface area (Å²) in [5.41, 5.74) is 17.7. The van der Waals surface area contributed by atoms with Gasteiger partial charge in [0.1, 0.15) is 54.1 Å². The number of rotatable bonds is 36. The second kappa shape index (κ2) is 34.4. The largest absolute Gasteiger partial charge is 0.508 e. The van der Waals surface area contributed by atoms with Gasteiger partial charge in [-0.15, -0.1) is 0 Å². The minimum absolute atomic E-state index is 0.0118. The third-order valence-electron chi connectivity index (χ3n) is 12.2. The van der Waals surface area contributed by atoms with E-state index in [9.17, 15) is 78.3 Å². The van der Waals surface area contributed by atoms with Crippen LogP contribution >= 0.6 is 11.8 Å². The summed E-state index contributed by atoms with van der Waals surface area (Å²) in [6.45, 7) is 2.19. The number of phenolic OH excluding ortho intramolecular Hbond substituents is 1. The monoisotopic (exact) mass is 1180 g/mol. The lowest BCUT2D eigenvalue weighted by atomic mass is 10.0. The molecule has 0 aliphatic heterocycles. The number of hydrogen-bond donors (Lipinski definition) is 18. The average molecular weight is 1190 g/mol. The molecule has 0 radical (unpaired) electrons. The number of aromatic hydroxyl groups is 1. The molecule has 454 valence electrons. The molecule has 0 fully saturated rings. The quantitative estimate of drug-likeness (QED) is 0.0147. The SMILES string of the molecule is CSCC[C@H](NC(=O)[C@@H](NC(=O)[C@@H](N)CC(=O)O)[C@@H](C)O)C(=O)N[C@@H](CC(=O)O)C(=O)N[C@@H](Cc1cnc[nH]1)C(=O)N[C@@H](Cc1ccc(O)cc1)C(=O)N[C@@H](CCCN=C(N)N)C(=O)N[C@H](C(=O)N[C@@H](Cc1ccccc1)C(=O)O)[C@@H](C)O. The van der Waals surface area contributed by atoms with Gasteiger partial charge in [-0.05, 0) is 68.4 Å². The van der Waals surface area contributed by atoms with Crippen LogP contribution in [0.5, 0.6) is 5.75 Å². The van der Waals surface area contributed by atoms with Crippen molar-refractivity contribution < 1.29 is 83.4 Å². The Labute approximate surface area is 479 Å². The second-order valence-corrected chi connectivity index (χ2v) is 20.0. The van der Waals surface area contributed by atoms with Crippen LogP contribution < -0.4 is 59.7 Å². The van der Waals surface area contributed by atoms with E-state index in [4.69, 9.17) is 22.3 Å². The molecule has 21 N–H and O–H groups in total. The number of nitrogens with one attached hydrogen (secondary N) is 9. The van der Waals surface area contributed by atoms with E-state index in [1.165, 1.54) is 48.6 Å². The van der Waals surface area contributed by atoms with Gasteiger partial charge in [0.25, 0.3) is 0 Å². The van der Waals surface area contributed by atoms with Gasteiger partial charge in [0, 0.05) is 37.7 Å². The number of amides is 8. The molecule has 0 aliphatic carbocycles. The van der Waals surface area contributed by atoms with Crippen LogP contribution in [0, 0.1) is 0 Å². The zero-order valence-electron chi connectivity index (χ0n) is 45.5. The molecular weight excluding hydrogens is 1110 g/mol. The summed E-state index contributed by atoms with van der Waals surface area (Å²) in [5.74, 6) is -13.7. The van der Waals surface area contributed by atoms with Gasteiger partial charge in [-0.1, -0.05) is 42.5 Å². The Morgan fingerprint density at radius 3 is 1.55 bits per heavy atom. The van der Waals surface area contributed by atoms with Gasteiger partial charge in [0.15, 0.2) is 5.96 Å². The first-order valence-electron chi connectivity index (χ1n) is 25.7. The van der Waals surface area contributed by atoms with Gasteiger partial charge in [-0.2, -0.15) is 11.8 Å². The van der Waals surface area contributed by atoms with E-state index in [0.717, 1.165) is 13.8 Å². The van der Waals surface area contributed by atoms with Crippen LogP contribution in [-0.2, 0) is 72.0 Å². The lowest BCUT2D eigenvalue weighted by Gasteiger charge is -2.28. The van der Waals surface area contributed by atoms with Crippen LogP contribution in [0.1, 0.15) is 62.8 Å². The Balaban J connectivity index is 1.99. The number of benzene rings is 2. The number of guanidine groups is 1. The topological polar surface area (TPSA) is 524 Å². The van der Waals surface area contributed by atoms with Gasteiger partial charge in [-0.3, -0.25) is 52.9 Å². The molecule has 11 atom stereocenters. The molecule has 83 heavy (non-hydrogen) atoms. The molecule has 8 amide bonds. The number of nitrogens with zero attached hydrogens (tertiary/aromatic N) is 2. The summed E-state index contributed by atoms with van der Waals surface area (Å²) in [5, 5.41) is 79.0.